The first kappa shape index (κ1) is 12.6. The molecule has 0 unspecified atom stereocenters. The van der Waals surface area contributed by atoms with E-state index in [1.807, 2.05) is 0 Å². The number of alkyl halides is 2. The van der Waals surface area contributed by atoms with E-state index in [0.29, 0.717) is 0 Å². The molecule has 0 saturated heterocycles. The lowest BCUT2D eigenvalue weighted by atomic mass is 10.1. The number of nitrogens with zero attached hydrogens (tertiary/aromatic N) is 1. The topological polar surface area (TPSA) is 65.2 Å². The highest BCUT2D eigenvalue weighted by molar-refractivity contribution is 6.30. The van der Waals surface area contributed by atoms with Crippen molar-refractivity contribution in [2.75, 3.05) is 12.3 Å². The number of esters is 1. The van der Waals surface area contributed by atoms with Crippen LogP contribution < -0.4 is 5.73 Å². The molecule has 0 radical (unpaired) electrons. The van der Waals surface area contributed by atoms with Crippen molar-refractivity contribution in [2.24, 2.45) is 0 Å². The van der Waals surface area contributed by atoms with E-state index in [1.165, 1.54) is 0 Å². The van der Waals surface area contributed by atoms with Crippen LogP contribution in [0.1, 0.15) is 29.3 Å². The zero-order chi connectivity index (χ0) is 12.3. The lowest BCUT2D eigenvalue weighted by molar-refractivity contribution is 0.0527. The molecule has 4 nitrogen and oxygen atoms in total. The Labute approximate surface area is 95.4 Å². The predicted octanol–water partition coefficient (Wildman–Crippen LogP) is 2.43. The molecule has 0 bridgehead atoms. The summed E-state index contributed by atoms with van der Waals surface area (Å²) in [5.74, 6) is -0.800. The van der Waals surface area contributed by atoms with Crippen LogP contribution in [-0.4, -0.2) is 17.6 Å². The average Bonchev–Trinajstić information content (AvgIpc) is 2.17. The number of pyridine rings is 1. The number of carbonyl (C=O) groups excluding carboxylic acids is 1. The Kier molecular flexibility index (Phi) is 4.00. The van der Waals surface area contributed by atoms with Gasteiger partial charge in [0.25, 0.3) is 6.43 Å². The molecule has 1 aromatic heterocycles. The number of ether oxygens (including phenoxy) is 1. The fourth-order valence-electron chi connectivity index (χ4n) is 1.10. The van der Waals surface area contributed by atoms with Crippen LogP contribution in [-0.2, 0) is 4.74 Å². The second-order valence-electron chi connectivity index (χ2n) is 2.81. The van der Waals surface area contributed by atoms with Gasteiger partial charge in [-0.3, -0.25) is 0 Å². The maximum atomic E-state index is 12.6. The van der Waals surface area contributed by atoms with Gasteiger partial charge in [0.15, 0.2) is 0 Å². The van der Waals surface area contributed by atoms with Crippen LogP contribution in [0.25, 0.3) is 0 Å². The summed E-state index contributed by atoms with van der Waals surface area (Å²) in [6, 6.07) is 0. The molecule has 0 saturated carbocycles. The highest BCUT2D eigenvalue weighted by atomic mass is 35.5. The Morgan fingerprint density at radius 2 is 2.31 bits per heavy atom. The number of rotatable bonds is 3. The minimum Gasteiger partial charge on any atom is -0.462 e. The number of nitrogen functional groups attached to an aromatic ring is 1. The smallest absolute Gasteiger partial charge is 0.341 e. The Morgan fingerprint density at radius 3 is 2.81 bits per heavy atom. The minimum absolute atomic E-state index is 0.116. The molecule has 16 heavy (non-hydrogen) atoms. The first-order chi connectivity index (χ1) is 7.49. The number of aromatic nitrogens is 1. The monoisotopic (exact) mass is 250 g/mol. The molecule has 0 aromatic carbocycles. The molecule has 0 fully saturated rings. The molecule has 0 aliphatic rings. The number of hydrogen-bond acceptors (Lipinski definition) is 4. The Balaban J connectivity index is 3.23. The molecule has 0 atom stereocenters. The van der Waals surface area contributed by atoms with Crippen molar-refractivity contribution in [3.8, 4) is 0 Å². The molecule has 0 spiro atoms. The van der Waals surface area contributed by atoms with E-state index < -0.39 is 28.8 Å². The molecule has 1 heterocycles. The van der Waals surface area contributed by atoms with E-state index >= 15 is 0 Å². The van der Waals surface area contributed by atoms with Gasteiger partial charge >= 0.3 is 5.97 Å². The highest BCUT2D eigenvalue weighted by Crippen LogP contribution is 2.32. The zero-order valence-electron chi connectivity index (χ0n) is 8.34. The minimum atomic E-state index is -2.89. The molecule has 1 rings (SSSR count). The maximum Gasteiger partial charge on any atom is 0.341 e. The van der Waals surface area contributed by atoms with E-state index in [9.17, 15) is 13.6 Å². The second kappa shape index (κ2) is 5.07. The van der Waals surface area contributed by atoms with E-state index in [2.05, 4.69) is 9.72 Å². The van der Waals surface area contributed by atoms with Crippen LogP contribution in [0.5, 0.6) is 0 Å². The Hall–Kier alpha value is -1.43. The highest BCUT2D eigenvalue weighted by Gasteiger charge is 2.23. The van der Waals surface area contributed by atoms with Crippen LogP contribution in [0, 0.1) is 0 Å². The summed E-state index contributed by atoms with van der Waals surface area (Å²) in [7, 11) is 0. The van der Waals surface area contributed by atoms with Gasteiger partial charge < -0.3 is 10.5 Å². The molecule has 0 amide bonds. The summed E-state index contributed by atoms with van der Waals surface area (Å²) in [6.07, 6.45) is -1.88. The molecule has 0 aliphatic heterocycles. The molecular weight excluding hydrogens is 242 g/mol. The van der Waals surface area contributed by atoms with Crippen LogP contribution >= 0.6 is 11.6 Å². The van der Waals surface area contributed by atoms with Gasteiger partial charge in [-0.1, -0.05) is 11.6 Å². The van der Waals surface area contributed by atoms with Gasteiger partial charge in [-0.2, -0.15) is 0 Å². The summed E-state index contributed by atoms with van der Waals surface area (Å²) in [6.45, 7) is 1.70. The molecular formula is C9H9ClF2N2O2. The van der Waals surface area contributed by atoms with Gasteiger partial charge in [0.1, 0.15) is 10.7 Å². The normalized spacial score (nSPS) is 10.6. The van der Waals surface area contributed by atoms with E-state index in [0.717, 1.165) is 6.20 Å². The van der Waals surface area contributed by atoms with Crippen LogP contribution in [0.4, 0.5) is 14.5 Å². The SMILES string of the molecule is CCOC(=O)c1cnc(Cl)c(C(F)F)c1N. The third-order valence-electron chi connectivity index (χ3n) is 1.82. The summed E-state index contributed by atoms with van der Waals surface area (Å²) >= 11 is 5.46. The van der Waals surface area contributed by atoms with Crippen LogP contribution in [0.3, 0.4) is 0 Å². The molecule has 0 aliphatic carbocycles. The van der Waals surface area contributed by atoms with Crippen molar-refractivity contribution >= 4 is 23.3 Å². The fraction of sp³-hybridized carbons (Fsp3) is 0.333. The van der Waals surface area contributed by atoms with E-state index in [1.54, 1.807) is 6.92 Å². The van der Waals surface area contributed by atoms with Gasteiger partial charge in [-0.15, -0.1) is 0 Å². The van der Waals surface area contributed by atoms with Crippen molar-refractivity contribution in [1.82, 2.24) is 4.98 Å². The van der Waals surface area contributed by atoms with Gasteiger partial charge in [-0.25, -0.2) is 18.6 Å². The first-order valence-electron chi connectivity index (χ1n) is 4.38. The largest absolute Gasteiger partial charge is 0.462 e. The van der Waals surface area contributed by atoms with Gasteiger partial charge in [0, 0.05) is 6.20 Å². The van der Waals surface area contributed by atoms with Crippen molar-refractivity contribution in [3.63, 3.8) is 0 Å². The summed E-state index contributed by atoms with van der Waals surface area (Å²) in [4.78, 5) is 14.8. The quantitative estimate of drug-likeness (QED) is 0.661. The maximum absolute atomic E-state index is 12.6. The van der Waals surface area contributed by atoms with Gasteiger partial charge in [-0.05, 0) is 6.92 Å². The van der Waals surface area contributed by atoms with E-state index in [-0.39, 0.29) is 12.2 Å². The summed E-state index contributed by atoms with van der Waals surface area (Å²) in [5.41, 5.74) is 4.16. The van der Waals surface area contributed by atoms with Crippen molar-refractivity contribution in [2.45, 2.75) is 13.3 Å². The Bertz CT molecular complexity index is 413. The lowest BCUT2D eigenvalue weighted by Gasteiger charge is -2.10. The third kappa shape index (κ3) is 2.38. The molecule has 1 aromatic rings. The van der Waals surface area contributed by atoms with Crippen LogP contribution in [0.15, 0.2) is 6.20 Å². The standard InChI is InChI=1S/C9H9ClF2N2O2/c1-2-16-9(15)4-3-14-7(10)5(6(4)13)8(11)12/h3,8H,2H2,1H3,(H2,13,14). The van der Waals surface area contributed by atoms with E-state index in [4.69, 9.17) is 17.3 Å². The zero-order valence-corrected chi connectivity index (χ0v) is 9.09. The Morgan fingerprint density at radius 1 is 1.69 bits per heavy atom. The number of anilines is 1. The van der Waals surface area contributed by atoms with Gasteiger partial charge in [0.05, 0.1) is 17.9 Å². The third-order valence-corrected chi connectivity index (χ3v) is 2.12. The summed E-state index contributed by atoms with van der Waals surface area (Å²) in [5, 5.41) is -0.416. The first-order valence-corrected chi connectivity index (χ1v) is 4.76. The molecule has 2 N–H and O–H groups in total. The molecule has 88 valence electrons. The number of carbonyl (C=O) groups is 1. The van der Waals surface area contributed by atoms with Crippen LogP contribution in [0.2, 0.25) is 5.15 Å². The van der Waals surface area contributed by atoms with Crippen molar-refractivity contribution < 1.29 is 18.3 Å². The number of hydrogen-bond donors (Lipinski definition) is 1. The van der Waals surface area contributed by atoms with Gasteiger partial charge in [0.2, 0.25) is 0 Å². The lowest BCUT2D eigenvalue weighted by Crippen LogP contribution is -2.11. The average molecular weight is 251 g/mol. The predicted molar refractivity (Wildman–Crippen MR) is 54.6 cm³/mol. The van der Waals surface area contributed by atoms with Crippen molar-refractivity contribution in [1.29, 1.82) is 0 Å². The fourth-order valence-corrected chi connectivity index (χ4v) is 1.33. The number of nitrogens with two attached hydrogens (primary N) is 1. The number of halogens is 3. The van der Waals surface area contributed by atoms with Crippen molar-refractivity contribution in [3.05, 3.63) is 22.5 Å². The summed E-state index contributed by atoms with van der Waals surface area (Å²) < 4.78 is 29.8. The second-order valence-corrected chi connectivity index (χ2v) is 3.17. The molecule has 7 heteroatoms.